The molecule has 0 aliphatic carbocycles. The van der Waals surface area contributed by atoms with Crippen LogP contribution in [0.5, 0.6) is 0 Å². The first-order valence-corrected chi connectivity index (χ1v) is 8.05. The predicted octanol–water partition coefficient (Wildman–Crippen LogP) is 3.17. The summed E-state index contributed by atoms with van der Waals surface area (Å²) in [5, 5.41) is 6.49. The van der Waals surface area contributed by atoms with Gasteiger partial charge in [-0.05, 0) is 36.6 Å². The van der Waals surface area contributed by atoms with Gasteiger partial charge in [-0.15, -0.1) is 0 Å². The molecular weight excluding hydrogens is 284 g/mol. The average Bonchev–Trinajstić information content (AvgIpc) is 2.61. The van der Waals surface area contributed by atoms with Crippen molar-refractivity contribution < 1.29 is 4.79 Å². The van der Waals surface area contributed by atoms with E-state index in [2.05, 4.69) is 41.0 Å². The van der Waals surface area contributed by atoms with Crippen LogP contribution in [0, 0.1) is 6.92 Å². The molecular formula is C20H22N2O. The van der Waals surface area contributed by atoms with Crippen LogP contribution in [0.2, 0.25) is 0 Å². The lowest BCUT2D eigenvalue weighted by Crippen LogP contribution is -2.42. The number of nitrogens with one attached hydrogen (secondary N) is 2. The van der Waals surface area contributed by atoms with Gasteiger partial charge < -0.3 is 10.6 Å². The van der Waals surface area contributed by atoms with E-state index >= 15 is 0 Å². The monoisotopic (exact) mass is 306 g/mol. The van der Waals surface area contributed by atoms with Gasteiger partial charge in [0.25, 0.3) is 5.91 Å². The molecule has 3 nitrogen and oxygen atoms in total. The van der Waals surface area contributed by atoms with Gasteiger partial charge in [-0.2, -0.15) is 0 Å². The highest BCUT2D eigenvalue weighted by atomic mass is 16.1. The maximum atomic E-state index is 12.2. The number of carbonyl (C=O) groups is 1. The third kappa shape index (κ3) is 4.08. The Labute approximate surface area is 137 Å². The number of hydrogen-bond acceptors (Lipinski definition) is 2. The van der Waals surface area contributed by atoms with Gasteiger partial charge in [0.05, 0.1) is 0 Å². The molecule has 23 heavy (non-hydrogen) atoms. The van der Waals surface area contributed by atoms with Crippen molar-refractivity contribution in [3.8, 4) is 0 Å². The molecule has 1 amide bonds. The Bertz CT molecular complexity index is 707. The molecule has 0 aromatic heterocycles. The Kier molecular flexibility index (Phi) is 4.89. The van der Waals surface area contributed by atoms with Gasteiger partial charge in [0.1, 0.15) is 0 Å². The van der Waals surface area contributed by atoms with Crippen LogP contribution in [-0.2, 0) is 0 Å². The lowest BCUT2D eigenvalue weighted by molar-refractivity contribution is 0.0949. The van der Waals surface area contributed by atoms with Crippen LogP contribution in [0.25, 0.3) is 5.57 Å². The van der Waals surface area contributed by atoms with Gasteiger partial charge in [-0.3, -0.25) is 4.79 Å². The first-order valence-electron chi connectivity index (χ1n) is 8.05. The number of benzene rings is 2. The second kappa shape index (κ2) is 7.25. The number of amides is 1. The minimum atomic E-state index is -0.00804. The number of aryl methyl sites for hydroxylation is 1. The predicted molar refractivity (Wildman–Crippen MR) is 94.3 cm³/mol. The zero-order valence-electron chi connectivity index (χ0n) is 13.4. The standard InChI is InChI=1S/C20H22N2O/c1-15-6-5-9-18(12-15)20(23)22-14-19-13-17(10-11-21-19)16-7-3-2-4-8-16/h2-10,12,19,21H,11,13-14H2,1H3,(H,22,23). The van der Waals surface area contributed by atoms with E-state index in [1.54, 1.807) is 0 Å². The molecule has 0 saturated heterocycles. The summed E-state index contributed by atoms with van der Waals surface area (Å²) in [6.45, 7) is 3.47. The maximum Gasteiger partial charge on any atom is 0.251 e. The third-order valence-electron chi connectivity index (χ3n) is 4.16. The van der Waals surface area contributed by atoms with Crippen molar-refractivity contribution in [1.29, 1.82) is 0 Å². The topological polar surface area (TPSA) is 41.1 Å². The van der Waals surface area contributed by atoms with Crippen LogP contribution in [0.4, 0.5) is 0 Å². The summed E-state index contributed by atoms with van der Waals surface area (Å²) in [4.78, 5) is 12.2. The smallest absolute Gasteiger partial charge is 0.251 e. The molecule has 1 heterocycles. The van der Waals surface area contributed by atoms with Gasteiger partial charge in [0.15, 0.2) is 0 Å². The molecule has 0 bridgehead atoms. The minimum Gasteiger partial charge on any atom is -0.350 e. The molecule has 0 spiro atoms. The maximum absolute atomic E-state index is 12.2. The fraction of sp³-hybridized carbons (Fsp3) is 0.250. The molecule has 1 atom stereocenters. The fourth-order valence-electron chi connectivity index (χ4n) is 2.91. The molecule has 0 saturated carbocycles. The van der Waals surface area contributed by atoms with Crippen LogP contribution in [0.15, 0.2) is 60.7 Å². The van der Waals surface area contributed by atoms with Crippen molar-refractivity contribution >= 4 is 11.5 Å². The number of carbonyl (C=O) groups excluding carboxylic acids is 1. The van der Waals surface area contributed by atoms with Crippen molar-refractivity contribution in [3.05, 3.63) is 77.4 Å². The van der Waals surface area contributed by atoms with E-state index < -0.39 is 0 Å². The lowest BCUT2D eigenvalue weighted by atomic mass is 9.95. The first-order chi connectivity index (χ1) is 11.2. The van der Waals surface area contributed by atoms with Gasteiger partial charge >= 0.3 is 0 Å². The summed E-state index contributed by atoms with van der Waals surface area (Å²) >= 11 is 0. The molecule has 2 N–H and O–H groups in total. The quantitative estimate of drug-likeness (QED) is 0.911. The zero-order valence-corrected chi connectivity index (χ0v) is 13.4. The molecule has 0 fully saturated rings. The molecule has 2 aromatic rings. The average molecular weight is 306 g/mol. The van der Waals surface area contributed by atoms with E-state index in [0.717, 1.165) is 24.1 Å². The SMILES string of the molecule is Cc1cccc(C(=O)NCC2CC(c3ccccc3)=CCN2)c1. The van der Waals surface area contributed by atoms with Crippen molar-refractivity contribution in [1.82, 2.24) is 10.6 Å². The van der Waals surface area contributed by atoms with Crippen LogP contribution in [-0.4, -0.2) is 25.0 Å². The molecule has 1 aliphatic heterocycles. The minimum absolute atomic E-state index is 0.00804. The lowest BCUT2D eigenvalue weighted by Gasteiger charge is -2.25. The van der Waals surface area contributed by atoms with E-state index in [1.165, 1.54) is 11.1 Å². The van der Waals surface area contributed by atoms with Crippen LogP contribution >= 0.6 is 0 Å². The van der Waals surface area contributed by atoms with Gasteiger partial charge in [0, 0.05) is 24.7 Å². The van der Waals surface area contributed by atoms with E-state index in [-0.39, 0.29) is 11.9 Å². The first kappa shape index (κ1) is 15.5. The molecule has 3 heteroatoms. The summed E-state index contributed by atoms with van der Waals surface area (Å²) in [6.07, 6.45) is 3.16. The number of hydrogen-bond donors (Lipinski definition) is 2. The van der Waals surface area contributed by atoms with Crippen molar-refractivity contribution in [3.63, 3.8) is 0 Å². The van der Waals surface area contributed by atoms with E-state index in [0.29, 0.717) is 6.54 Å². The Morgan fingerprint density at radius 2 is 2.00 bits per heavy atom. The van der Waals surface area contributed by atoms with Crippen molar-refractivity contribution in [2.75, 3.05) is 13.1 Å². The van der Waals surface area contributed by atoms with Gasteiger partial charge in [-0.25, -0.2) is 0 Å². The third-order valence-corrected chi connectivity index (χ3v) is 4.16. The largest absolute Gasteiger partial charge is 0.350 e. The van der Waals surface area contributed by atoms with Crippen molar-refractivity contribution in [2.45, 2.75) is 19.4 Å². The highest BCUT2D eigenvalue weighted by Gasteiger charge is 2.17. The Hall–Kier alpha value is -2.39. The fourth-order valence-corrected chi connectivity index (χ4v) is 2.91. The summed E-state index contributed by atoms with van der Waals surface area (Å²) in [5.74, 6) is -0.00804. The zero-order chi connectivity index (χ0) is 16.1. The molecule has 1 unspecified atom stereocenters. The Morgan fingerprint density at radius 1 is 1.17 bits per heavy atom. The second-order valence-electron chi connectivity index (χ2n) is 5.98. The summed E-state index contributed by atoms with van der Waals surface area (Å²) in [6, 6.07) is 18.4. The summed E-state index contributed by atoms with van der Waals surface area (Å²) in [5.41, 5.74) is 4.44. The van der Waals surface area contributed by atoms with Crippen LogP contribution in [0.3, 0.4) is 0 Å². The Balaban J connectivity index is 1.57. The van der Waals surface area contributed by atoms with E-state index in [4.69, 9.17) is 0 Å². The summed E-state index contributed by atoms with van der Waals surface area (Å²) < 4.78 is 0. The van der Waals surface area contributed by atoms with Crippen LogP contribution < -0.4 is 10.6 Å². The van der Waals surface area contributed by atoms with E-state index in [1.807, 2.05) is 37.3 Å². The highest BCUT2D eigenvalue weighted by molar-refractivity contribution is 5.94. The molecule has 118 valence electrons. The number of rotatable bonds is 4. The van der Waals surface area contributed by atoms with Gasteiger partial charge in [0.2, 0.25) is 0 Å². The molecule has 2 aromatic carbocycles. The highest BCUT2D eigenvalue weighted by Crippen LogP contribution is 2.21. The molecule has 0 radical (unpaired) electrons. The molecule has 1 aliphatic rings. The second-order valence-corrected chi connectivity index (χ2v) is 5.98. The normalized spacial score (nSPS) is 17.4. The van der Waals surface area contributed by atoms with Gasteiger partial charge in [-0.1, -0.05) is 54.1 Å². The summed E-state index contributed by atoms with van der Waals surface area (Å²) in [7, 11) is 0. The Morgan fingerprint density at radius 3 is 2.78 bits per heavy atom. The van der Waals surface area contributed by atoms with Crippen LogP contribution in [0.1, 0.15) is 27.9 Å². The van der Waals surface area contributed by atoms with E-state index in [9.17, 15) is 4.79 Å². The van der Waals surface area contributed by atoms with Crippen molar-refractivity contribution in [2.24, 2.45) is 0 Å². The molecule has 3 rings (SSSR count).